The molecule has 1 N–H and O–H groups in total. The molecule has 5 nitrogen and oxygen atoms in total. The van der Waals surface area contributed by atoms with Crippen LogP contribution in [0.1, 0.15) is 58.9 Å². The number of benzene rings is 1. The molecule has 2 amide bonds. The minimum Gasteiger partial charge on any atom is -0.476 e. The second-order valence-corrected chi connectivity index (χ2v) is 11.0. The quantitative estimate of drug-likeness (QED) is 0.621. The van der Waals surface area contributed by atoms with Crippen LogP contribution in [0.25, 0.3) is 0 Å². The van der Waals surface area contributed by atoms with E-state index in [9.17, 15) is 22.8 Å². The highest BCUT2D eigenvalue weighted by molar-refractivity contribution is 6.01. The Morgan fingerprint density at radius 1 is 1.25 bits per heavy atom. The van der Waals surface area contributed by atoms with Gasteiger partial charge in [-0.3, -0.25) is 9.59 Å². The highest BCUT2D eigenvalue weighted by atomic mass is 19.4. The third kappa shape index (κ3) is 3.53. The van der Waals surface area contributed by atoms with Crippen LogP contribution in [0.3, 0.4) is 0 Å². The van der Waals surface area contributed by atoms with Crippen molar-refractivity contribution in [2.24, 2.45) is 16.2 Å². The molecule has 1 atom stereocenters. The Hall–Kier alpha value is -2.32. The summed E-state index contributed by atoms with van der Waals surface area (Å²) in [4.78, 5) is 26.5. The molecule has 2 bridgehead atoms. The van der Waals surface area contributed by atoms with Gasteiger partial charge in [-0.05, 0) is 55.6 Å². The first kappa shape index (κ1) is 22.9. The van der Waals surface area contributed by atoms with E-state index in [1.54, 1.807) is 13.0 Å². The lowest BCUT2D eigenvalue weighted by atomic mass is 9.34. The van der Waals surface area contributed by atoms with Gasteiger partial charge in [0.05, 0.1) is 16.8 Å². The minimum atomic E-state index is -4.24. The Bertz CT molecular complexity index is 977. The molecule has 176 valence electrons. The van der Waals surface area contributed by atoms with Gasteiger partial charge >= 0.3 is 6.18 Å². The summed E-state index contributed by atoms with van der Waals surface area (Å²) >= 11 is 0. The fraction of sp³-hybridized carbons (Fsp3) is 0.652. The van der Waals surface area contributed by atoms with E-state index in [4.69, 9.17) is 4.74 Å². The van der Waals surface area contributed by atoms with Crippen molar-refractivity contribution in [3.8, 4) is 5.75 Å². The van der Waals surface area contributed by atoms with E-state index in [0.717, 1.165) is 0 Å². The van der Waals surface area contributed by atoms with E-state index in [2.05, 4.69) is 5.32 Å². The molecule has 0 spiro atoms. The van der Waals surface area contributed by atoms with E-state index >= 15 is 4.39 Å². The smallest absolute Gasteiger partial charge is 0.394 e. The maximum Gasteiger partial charge on any atom is 0.394 e. The molecule has 0 unspecified atom stereocenters. The maximum absolute atomic E-state index is 15.4. The molecule has 1 heterocycles. The number of amides is 2. The molecule has 5 rings (SSSR count). The third-order valence-electron chi connectivity index (χ3n) is 6.79. The average Bonchev–Trinajstić information content (AvgIpc) is 2.55. The Labute approximate surface area is 184 Å². The van der Waals surface area contributed by atoms with Crippen LogP contribution >= 0.6 is 0 Å². The molecule has 3 fully saturated rings. The molecule has 3 aliphatic carbocycles. The predicted molar refractivity (Wildman–Crippen MR) is 111 cm³/mol. The molecule has 1 aromatic rings. The monoisotopic (exact) mass is 456 g/mol. The molecule has 3 saturated carbocycles. The van der Waals surface area contributed by atoms with Crippen LogP contribution in [0.15, 0.2) is 6.07 Å². The fourth-order valence-electron chi connectivity index (χ4n) is 5.40. The number of nitrogens with one attached hydrogen (secondary N) is 1. The minimum absolute atomic E-state index is 0.0129. The van der Waals surface area contributed by atoms with Crippen molar-refractivity contribution in [3.63, 3.8) is 0 Å². The molecule has 4 aliphatic rings. The van der Waals surface area contributed by atoms with Gasteiger partial charge in [0, 0.05) is 13.0 Å². The summed E-state index contributed by atoms with van der Waals surface area (Å²) < 4.78 is 60.6. The van der Waals surface area contributed by atoms with Gasteiger partial charge in [0.1, 0.15) is 0 Å². The van der Waals surface area contributed by atoms with Crippen molar-refractivity contribution < 1.29 is 31.9 Å². The number of alkyl halides is 3. The third-order valence-corrected chi connectivity index (χ3v) is 6.79. The molecular weight excluding hydrogens is 428 g/mol. The number of hydrogen-bond donors (Lipinski definition) is 1. The lowest BCUT2D eigenvalue weighted by molar-refractivity contribution is -0.359. The van der Waals surface area contributed by atoms with Gasteiger partial charge in [0.2, 0.25) is 5.91 Å². The summed E-state index contributed by atoms with van der Waals surface area (Å²) in [7, 11) is 0. The van der Waals surface area contributed by atoms with Gasteiger partial charge in [-0.1, -0.05) is 20.8 Å². The number of rotatable bonds is 4. The first-order chi connectivity index (χ1) is 14.6. The molecule has 9 heteroatoms. The van der Waals surface area contributed by atoms with E-state index in [0.29, 0.717) is 5.56 Å². The zero-order valence-corrected chi connectivity index (χ0v) is 18.9. The lowest BCUT2D eigenvalue weighted by Gasteiger charge is -2.71. The summed E-state index contributed by atoms with van der Waals surface area (Å²) in [5.74, 6) is -1.70. The summed E-state index contributed by atoms with van der Waals surface area (Å²) in [5.41, 5.74) is -1.91. The van der Waals surface area contributed by atoms with Gasteiger partial charge in [0.15, 0.2) is 17.7 Å². The van der Waals surface area contributed by atoms with E-state index in [1.807, 2.05) is 20.8 Å². The van der Waals surface area contributed by atoms with Crippen molar-refractivity contribution >= 4 is 23.2 Å². The van der Waals surface area contributed by atoms with Crippen molar-refractivity contribution in [1.29, 1.82) is 0 Å². The van der Waals surface area contributed by atoms with Crippen LogP contribution in [0.4, 0.5) is 28.9 Å². The van der Waals surface area contributed by atoms with E-state index < -0.39 is 34.8 Å². The van der Waals surface area contributed by atoms with Gasteiger partial charge in [-0.15, -0.1) is 0 Å². The SMILES string of the molecule is Cc1cc2c(c(F)c1NC(=O)CC(C)(C)C)O[C@H](C)C(=O)N2CC12CC(C(F)(F)F)(C1)C2. The van der Waals surface area contributed by atoms with E-state index in [-0.39, 0.29) is 60.7 Å². The summed E-state index contributed by atoms with van der Waals surface area (Å²) in [6, 6.07) is 1.56. The largest absolute Gasteiger partial charge is 0.476 e. The van der Waals surface area contributed by atoms with Gasteiger partial charge < -0.3 is 15.0 Å². The number of carbonyl (C=O) groups excluding carboxylic acids is 2. The number of carbonyl (C=O) groups is 2. The Morgan fingerprint density at radius 2 is 1.84 bits per heavy atom. The van der Waals surface area contributed by atoms with Crippen molar-refractivity contribution in [3.05, 3.63) is 17.4 Å². The lowest BCUT2D eigenvalue weighted by Crippen LogP contribution is -2.71. The average molecular weight is 456 g/mol. The van der Waals surface area contributed by atoms with Gasteiger partial charge in [0.25, 0.3) is 5.91 Å². The molecule has 0 radical (unpaired) electrons. The summed E-state index contributed by atoms with van der Waals surface area (Å²) in [5, 5.41) is 2.60. The first-order valence-corrected chi connectivity index (χ1v) is 10.7. The topological polar surface area (TPSA) is 58.6 Å². The van der Waals surface area contributed by atoms with Crippen LogP contribution in [0, 0.1) is 29.0 Å². The van der Waals surface area contributed by atoms with E-state index in [1.165, 1.54) is 11.8 Å². The van der Waals surface area contributed by atoms with Gasteiger partial charge in [-0.2, -0.15) is 13.2 Å². The number of hydrogen-bond acceptors (Lipinski definition) is 3. The number of ether oxygens (including phenoxy) is 1. The van der Waals surface area contributed by atoms with Crippen LogP contribution < -0.4 is 15.0 Å². The van der Waals surface area contributed by atoms with Crippen LogP contribution in [-0.2, 0) is 9.59 Å². The standard InChI is InChI=1S/C23H28F4N2O3/c1-12-6-14-18(16(24)17(12)28-15(30)7-20(3,4)5)32-13(2)19(31)29(14)11-21-8-22(9-21,10-21)23(25,26)27/h6,13H,7-11H2,1-5H3,(H,28,30)/t13-,21?,22?/m1/s1. The highest BCUT2D eigenvalue weighted by Crippen LogP contribution is 2.78. The molecule has 1 aliphatic heterocycles. The molecule has 0 aromatic heterocycles. The molecule has 0 saturated heterocycles. The van der Waals surface area contributed by atoms with Crippen molar-refractivity contribution in [1.82, 2.24) is 0 Å². The van der Waals surface area contributed by atoms with Crippen LogP contribution in [-0.4, -0.2) is 30.6 Å². The van der Waals surface area contributed by atoms with Gasteiger partial charge in [-0.25, -0.2) is 4.39 Å². The zero-order valence-electron chi connectivity index (χ0n) is 18.9. The number of nitrogens with zero attached hydrogens (tertiary/aromatic N) is 1. The number of halogens is 4. The fourth-order valence-corrected chi connectivity index (χ4v) is 5.40. The summed E-state index contributed by atoms with van der Waals surface area (Å²) in [6.45, 7) is 8.87. The Kier molecular flexibility index (Phi) is 4.89. The Balaban J connectivity index is 1.61. The Morgan fingerprint density at radius 3 is 2.38 bits per heavy atom. The number of anilines is 2. The van der Waals surface area contributed by atoms with Crippen molar-refractivity contribution in [2.75, 3.05) is 16.8 Å². The zero-order chi connectivity index (χ0) is 23.9. The number of aryl methyl sites for hydroxylation is 1. The normalized spacial score (nSPS) is 29.0. The first-order valence-electron chi connectivity index (χ1n) is 10.7. The molecule has 1 aromatic carbocycles. The molecular formula is C23H28F4N2O3. The maximum atomic E-state index is 15.4. The van der Waals surface area contributed by atoms with Crippen LogP contribution in [0.2, 0.25) is 0 Å². The van der Waals surface area contributed by atoms with Crippen molar-refractivity contribution in [2.45, 2.75) is 72.6 Å². The number of fused-ring (bicyclic) bond motifs is 1. The second-order valence-electron chi connectivity index (χ2n) is 11.0. The summed E-state index contributed by atoms with van der Waals surface area (Å²) in [6.07, 6.45) is -5.07. The predicted octanol–water partition coefficient (Wildman–Crippen LogP) is 5.36. The highest BCUT2D eigenvalue weighted by Gasteiger charge is 2.78. The second kappa shape index (κ2) is 6.84. The van der Waals surface area contributed by atoms with Crippen LogP contribution in [0.5, 0.6) is 5.75 Å². The molecule has 32 heavy (non-hydrogen) atoms.